The summed E-state index contributed by atoms with van der Waals surface area (Å²) in [4.78, 5) is 21.0. The second-order valence-electron chi connectivity index (χ2n) is 3.94. The standard InChI is InChI=1S/C12H10BrN3O4/c1-20-11-3-2-8(7-17)4-9(11)5-15-6-10(13)12(14-15)16(18)19/h2-4,6-7H,5H2,1H3. The minimum atomic E-state index is -0.570. The van der Waals surface area contributed by atoms with E-state index in [1.54, 1.807) is 18.2 Å². The van der Waals surface area contributed by atoms with Gasteiger partial charge in [0.1, 0.15) is 16.5 Å². The topological polar surface area (TPSA) is 87.3 Å². The van der Waals surface area contributed by atoms with Crippen molar-refractivity contribution in [3.63, 3.8) is 0 Å². The highest BCUT2D eigenvalue weighted by Crippen LogP contribution is 2.25. The molecule has 8 heteroatoms. The quantitative estimate of drug-likeness (QED) is 0.474. The van der Waals surface area contributed by atoms with Gasteiger partial charge < -0.3 is 14.9 Å². The number of aromatic nitrogens is 2. The molecule has 0 aliphatic rings. The summed E-state index contributed by atoms with van der Waals surface area (Å²) in [6.45, 7) is 0.261. The molecule has 2 aromatic rings. The largest absolute Gasteiger partial charge is 0.496 e. The van der Waals surface area contributed by atoms with Gasteiger partial charge in [-0.2, -0.15) is 4.68 Å². The maximum absolute atomic E-state index is 10.8. The summed E-state index contributed by atoms with van der Waals surface area (Å²) in [5.41, 5.74) is 1.21. The van der Waals surface area contributed by atoms with E-state index >= 15 is 0 Å². The van der Waals surface area contributed by atoms with Crippen molar-refractivity contribution in [3.05, 3.63) is 50.1 Å². The summed E-state index contributed by atoms with van der Waals surface area (Å²) >= 11 is 3.08. The molecular weight excluding hydrogens is 330 g/mol. The highest BCUT2D eigenvalue weighted by Gasteiger charge is 2.19. The summed E-state index contributed by atoms with van der Waals surface area (Å²) in [6, 6.07) is 4.97. The molecule has 0 unspecified atom stereocenters. The molecule has 0 aliphatic heterocycles. The van der Waals surface area contributed by atoms with Gasteiger partial charge in [0.05, 0.1) is 25.0 Å². The Morgan fingerprint density at radius 2 is 2.30 bits per heavy atom. The van der Waals surface area contributed by atoms with Crippen LogP contribution in [0.15, 0.2) is 28.9 Å². The number of benzene rings is 1. The third-order valence-electron chi connectivity index (χ3n) is 2.64. The van der Waals surface area contributed by atoms with E-state index in [-0.39, 0.29) is 12.4 Å². The number of aldehydes is 1. The van der Waals surface area contributed by atoms with Crippen LogP contribution in [0.25, 0.3) is 0 Å². The first-order chi connectivity index (χ1) is 9.55. The third kappa shape index (κ3) is 2.85. The van der Waals surface area contributed by atoms with Crippen LogP contribution in [0.1, 0.15) is 15.9 Å². The maximum atomic E-state index is 10.8. The van der Waals surface area contributed by atoms with Crippen LogP contribution in [0.2, 0.25) is 0 Å². The smallest absolute Gasteiger partial charge is 0.404 e. The monoisotopic (exact) mass is 339 g/mol. The fourth-order valence-electron chi connectivity index (χ4n) is 1.76. The van der Waals surface area contributed by atoms with Crippen LogP contribution in [0.5, 0.6) is 5.75 Å². The summed E-state index contributed by atoms with van der Waals surface area (Å²) in [5, 5.41) is 14.6. The summed E-state index contributed by atoms with van der Waals surface area (Å²) in [6.07, 6.45) is 2.23. The normalized spacial score (nSPS) is 10.3. The Bertz CT molecular complexity index is 669. The number of rotatable bonds is 5. The zero-order chi connectivity index (χ0) is 14.7. The Labute approximate surface area is 122 Å². The minimum Gasteiger partial charge on any atom is -0.496 e. The summed E-state index contributed by atoms with van der Waals surface area (Å²) in [5.74, 6) is 0.334. The lowest BCUT2D eigenvalue weighted by Crippen LogP contribution is -2.04. The average Bonchev–Trinajstić information content (AvgIpc) is 2.79. The molecule has 0 saturated carbocycles. The third-order valence-corrected chi connectivity index (χ3v) is 3.20. The van der Waals surface area contributed by atoms with Gasteiger partial charge in [0.25, 0.3) is 0 Å². The first kappa shape index (κ1) is 14.2. The number of carbonyl (C=O) groups excluding carboxylic acids is 1. The molecular formula is C12H10BrN3O4. The molecule has 1 aromatic carbocycles. The molecule has 0 bridgehead atoms. The molecule has 0 radical (unpaired) electrons. The lowest BCUT2D eigenvalue weighted by atomic mass is 10.1. The van der Waals surface area contributed by atoms with E-state index in [9.17, 15) is 14.9 Å². The highest BCUT2D eigenvalue weighted by molar-refractivity contribution is 9.10. The number of nitro groups is 1. The van der Waals surface area contributed by atoms with Crippen molar-refractivity contribution in [1.29, 1.82) is 0 Å². The summed E-state index contributed by atoms with van der Waals surface area (Å²) in [7, 11) is 1.51. The van der Waals surface area contributed by atoms with Crippen LogP contribution in [-0.4, -0.2) is 28.1 Å². The SMILES string of the molecule is COc1ccc(C=O)cc1Cn1cc(Br)c([N+](=O)[O-])n1. The van der Waals surface area contributed by atoms with Crippen LogP contribution in [0.3, 0.4) is 0 Å². The van der Waals surface area contributed by atoms with Gasteiger partial charge in [-0.25, -0.2) is 0 Å². The van der Waals surface area contributed by atoms with Crippen molar-refractivity contribution >= 4 is 28.0 Å². The number of carbonyl (C=O) groups is 1. The fourth-order valence-corrected chi connectivity index (χ4v) is 2.22. The second-order valence-corrected chi connectivity index (χ2v) is 4.80. The molecule has 2 rings (SSSR count). The van der Waals surface area contributed by atoms with Crippen LogP contribution in [0.4, 0.5) is 5.82 Å². The van der Waals surface area contributed by atoms with Gasteiger partial charge in [-0.1, -0.05) is 0 Å². The lowest BCUT2D eigenvalue weighted by Gasteiger charge is -2.07. The van der Waals surface area contributed by atoms with E-state index in [1.165, 1.54) is 18.0 Å². The number of hydrogen-bond acceptors (Lipinski definition) is 5. The number of ether oxygens (including phenoxy) is 1. The molecule has 0 saturated heterocycles. The Kier molecular flexibility index (Phi) is 4.14. The van der Waals surface area contributed by atoms with E-state index in [0.29, 0.717) is 21.3 Å². The van der Waals surface area contributed by atoms with Crippen molar-refractivity contribution in [2.45, 2.75) is 6.54 Å². The van der Waals surface area contributed by atoms with Crippen molar-refractivity contribution in [2.75, 3.05) is 7.11 Å². The molecule has 20 heavy (non-hydrogen) atoms. The number of nitrogens with zero attached hydrogens (tertiary/aromatic N) is 3. The Hall–Kier alpha value is -2.22. The molecule has 0 N–H and O–H groups in total. The first-order valence-electron chi connectivity index (χ1n) is 5.54. The zero-order valence-electron chi connectivity index (χ0n) is 10.4. The molecule has 1 heterocycles. The minimum absolute atomic E-state index is 0.254. The molecule has 104 valence electrons. The van der Waals surface area contributed by atoms with E-state index < -0.39 is 4.92 Å². The van der Waals surface area contributed by atoms with E-state index in [0.717, 1.165) is 6.29 Å². The molecule has 0 spiro atoms. The molecule has 0 atom stereocenters. The van der Waals surface area contributed by atoms with Crippen LogP contribution < -0.4 is 4.74 Å². The van der Waals surface area contributed by atoms with Crippen LogP contribution in [0, 0.1) is 10.1 Å². The Morgan fingerprint density at radius 1 is 1.55 bits per heavy atom. The van der Waals surface area contributed by atoms with Crippen LogP contribution in [-0.2, 0) is 6.54 Å². The van der Waals surface area contributed by atoms with Crippen molar-refractivity contribution in [3.8, 4) is 5.75 Å². The second kappa shape index (κ2) is 5.83. The Balaban J connectivity index is 2.36. The van der Waals surface area contributed by atoms with Crippen molar-refractivity contribution in [2.24, 2.45) is 0 Å². The first-order valence-corrected chi connectivity index (χ1v) is 6.34. The van der Waals surface area contributed by atoms with Gasteiger partial charge in [0.2, 0.25) is 0 Å². The van der Waals surface area contributed by atoms with Gasteiger partial charge in [-0.3, -0.25) is 4.79 Å². The maximum Gasteiger partial charge on any atom is 0.404 e. The molecule has 0 amide bonds. The van der Waals surface area contributed by atoms with Gasteiger partial charge in [-0.15, -0.1) is 0 Å². The number of hydrogen-bond donors (Lipinski definition) is 0. The molecule has 0 fully saturated rings. The van der Waals surface area contributed by atoms with Gasteiger partial charge >= 0.3 is 5.82 Å². The highest BCUT2D eigenvalue weighted by atomic mass is 79.9. The number of methoxy groups -OCH3 is 1. The zero-order valence-corrected chi connectivity index (χ0v) is 12.0. The predicted octanol–water partition coefficient (Wildman–Crippen LogP) is 2.42. The lowest BCUT2D eigenvalue weighted by molar-refractivity contribution is -0.390. The van der Waals surface area contributed by atoms with Gasteiger partial charge in [0, 0.05) is 11.1 Å². The van der Waals surface area contributed by atoms with Gasteiger partial charge in [-0.05, 0) is 39.1 Å². The van der Waals surface area contributed by atoms with Crippen molar-refractivity contribution < 1.29 is 14.5 Å². The van der Waals surface area contributed by atoms with Gasteiger partial charge in [0.15, 0.2) is 0 Å². The molecule has 7 nitrogen and oxygen atoms in total. The average molecular weight is 340 g/mol. The summed E-state index contributed by atoms with van der Waals surface area (Å²) < 4.78 is 6.91. The molecule has 1 aromatic heterocycles. The van der Waals surface area contributed by atoms with Crippen LogP contribution >= 0.6 is 15.9 Å². The van der Waals surface area contributed by atoms with E-state index in [1.807, 2.05) is 0 Å². The van der Waals surface area contributed by atoms with Crippen molar-refractivity contribution in [1.82, 2.24) is 9.78 Å². The van der Waals surface area contributed by atoms with E-state index in [2.05, 4.69) is 21.0 Å². The molecule has 0 aliphatic carbocycles. The number of halogens is 1. The predicted molar refractivity (Wildman–Crippen MR) is 74.1 cm³/mol. The van der Waals surface area contributed by atoms with E-state index in [4.69, 9.17) is 4.74 Å². The Morgan fingerprint density at radius 3 is 2.85 bits per heavy atom. The fraction of sp³-hybridized carbons (Fsp3) is 0.167.